The van der Waals surface area contributed by atoms with Gasteiger partial charge in [0.25, 0.3) is 5.91 Å². The fraction of sp³-hybridized carbons (Fsp3) is 0.263. The minimum Gasteiger partial charge on any atom is -0.484 e. The van der Waals surface area contributed by atoms with Gasteiger partial charge >= 0.3 is 0 Å². The van der Waals surface area contributed by atoms with Gasteiger partial charge in [0, 0.05) is 6.04 Å². The van der Waals surface area contributed by atoms with Crippen LogP contribution in [0.4, 0.5) is 0 Å². The van der Waals surface area contributed by atoms with E-state index in [-0.39, 0.29) is 31.0 Å². The minimum atomic E-state index is -0.337. The van der Waals surface area contributed by atoms with Crippen LogP contribution in [0.5, 0.6) is 17.2 Å². The van der Waals surface area contributed by atoms with Crippen molar-refractivity contribution in [2.24, 2.45) is 0 Å². The zero-order chi connectivity index (χ0) is 17.5. The van der Waals surface area contributed by atoms with Gasteiger partial charge in [-0.25, -0.2) is 0 Å². The van der Waals surface area contributed by atoms with Crippen molar-refractivity contribution in [1.82, 2.24) is 10.6 Å². The van der Waals surface area contributed by atoms with Crippen LogP contribution in [-0.4, -0.2) is 31.0 Å². The summed E-state index contributed by atoms with van der Waals surface area (Å²) in [4.78, 5) is 23.2. The van der Waals surface area contributed by atoms with Gasteiger partial charge in [0.05, 0.1) is 6.54 Å². The molecule has 0 aliphatic heterocycles. The number of para-hydroxylation sites is 1. The molecule has 2 amide bonds. The molecule has 0 saturated heterocycles. The van der Waals surface area contributed by atoms with Crippen molar-refractivity contribution < 1.29 is 19.1 Å². The third kappa shape index (κ3) is 5.84. The van der Waals surface area contributed by atoms with Crippen molar-refractivity contribution in [1.29, 1.82) is 0 Å². The fourth-order valence-electron chi connectivity index (χ4n) is 2.11. The molecule has 6 nitrogen and oxygen atoms in total. The topological polar surface area (TPSA) is 76.7 Å². The minimum absolute atomic E-state index is 0.0253. The molecule has 0 bridgehead atoms. The van der Waals surface area contributed by atoms with Crippen molar-refractivity contribution >= 4 is 11.8 Å². The average molecular weight is 340 g/mol. The summed E-state index contributed by atoms with van der Waals surface area (Å²) in [5.74, 6) is 1.48. The molecule has 1 aliphatic rings. The van der Waals surface area contributed by atoms with Gasteiger partial charge in [-0.05, 0) is 49.2 Å². The Kier molecular flexibility index (Phi) is 5.51. The van der Waals surface area contributed by atoms with Gasteiger partial charge in [-0.15, -0.1) is 0 Å². The van der Waals surface area contributed by atoms with Crippen molar-refractivity contribution in [3.8, 4) is 17.2 Å². The second-order valence-electron chi connectivity index (χ2n) is 5.79. The van der Waals surface area contributed by atoms with Crippen LogP contribution < -0.4 is 20.1 Å². The summed E-state index contributed by atoms with van der Waals surface area (Å²) in [6, 6.07) is 16.7. The van der Waals surface area contributed by atoms with Crippen LogP contribution in [0.1, 0.15) is 12.8 Å². The maximum Gasteiger partial charge on any atom is 0.258 e. The smallest absolute Gasteiger partial charge is 0.258 e. The van der Waals surface area contributed by atoms with E-state index >= 15 is 0 Å². The summed E-state index contributed by atoms with van der Waals surface area (Å²) in [5, 5.41) is 5.33. The lowest BCUT2D eigenvalue weighted by molar-refractivity contribution is -0.127. The zero-order valence-electron chi connectivity index (χ0n) is 13.7. The van der Waals surface area contributed by atoms with Crippen molar-refractivity contribution in [2.75, 3.05) is 13.2 Å². The number of nitrogens with one attached hydrogen (secondary N) is 2. The predicted octanol–water partition coefficient (Wildman–Crippen LogP) is 2.25. The molecular formula is C19H20N2O4. The number of carbonyl (C=O) groups excluding carboxylic acids is 2. The third-order valence-electron chi connectivity index (χ3n) is 3.56. The highest BCUT2D eigenvalue weighted by atomic mass is 16.5. The third-order valence-corrected chi connectivity index (χ3v) is 3.56. The second-order valence-corrected chi connectivity index (χ2v) is 5.79. The number of hydrogen-bond acceptors (Lipinski definition) is 4. The number of ether oxygens (including phenoxy) is 2. The van der Waals surface area contributed by atoms with E-state index in [4.69, 9.17) is 9.47 Å². The van der Waals surface area contributed by atoms with Crippen LogP contribution in [0, 0.1) is 0 Å². The normalized spacial score (nSPS) is 13.0. The Morgan fingerprint density at radius 1 is 0.880 bits per heavy atom. The predicted molar refractivity (Wildman–Crippen MR) is 92.6 cm³/mol. The summed E-state index contributed by atoms with van der Waals surface area (Å²) in [5.41, 5.74) is 0. The van der Waals surface area contributed by atoms with Crippen LogP contribution in [0.2, 0.25) is 0 Å². The van der Waals surface area contributed by atoms with Crippen LogP contribution in [-0.2, 0) is 9.59 Å². The number of carbonyl (C=O) groups is 2. The first-order valence-corrected chi connectivity index (χ1v) is 8.21. The first-order valence-electron chi connectivity index (χ1n) is 8.21. The quantitative estimate of drug-likeness (QED) is 0.773. The Morgan fingerprint density at radius 3 is 2.20 bits per heavy atom. The maximum atomic E-state index is 11.7. The molecule has 6 heteroatoms. The highest BCUT2D eigenvalue weighted by Gasteiger charge is 2.23. The summed E-state index contributed by atoms with van der Waals surface area (Å²) in [6.45, 7) is -0.169. The number of hydrogen-bond donors (Lipinski definition) is 2. The summed E-state index contributed by atoms with van der Waals surface area (Å²) >= 11 is 0. The summed E-state index contributed by atoms with van der Waals surface area (Å²) in [7, 11) is 0. The van der Waals surface area contributed by atoms with E-state index in [9.17, 15) is 9.59 Å². The first kappa shape index (κ1) is 16.8. The van der Waals surface area contributed by atoms with Crippen molar-refractivity contribution in [3.63, 3.8) is 0 Å². The van der Waals surface area contributed by atoms with Gasteiger partial charge in [-0.2, -0.15) is 0 Å². The molecular weight excluding hydrogens is 320 g/mol. The van der Waals surface area contributed by atoms with E-state index in [1.807, 2.05) is 30.3 Å². The highest BCUT2D eigenvalue weighted by molar-refractivity contribution is 5.85. The van der Waals surface area contributed by atoms with Gasteiger partial charge in [-0.1, -0.05) is 18.2 Å². The molecule has 0 unspecified atom stereocenters. The Labute approximate surface area is 146 Å². The summed E-state index contributed by atoms with van der Waals surface area (Å²) < 4.78 is 11.1. The van der Waals surface area contributed by atoms with Gasteiger partial charge < -0.3 is 20.1 Å². The summed E-state index contributed by atoms with van der Waals surface area (Å²) in [6.07, 6.45) is 2.04. The van der Waals surface area contributed by atoms with Gasteiger partial charge in [0.1, 0.15) is 17.2 Å². The zero-order valence-corrected chi connectivity index (χ0v) is 13.7. The van der Waals surface area contributed by atoms with Gasteiger partial charge in [-0.3, -0.25) is 9.59 Å². The Balaban J connectivity index is 1.39. The number of amides is 2. The molecule has 130 valence electrons. The molecule has 0 heterocycles. The molecule has 2 aromatic carbocycles. The monoisotopic (exact) mass is 340 g/mol. The Morgan fingerprint density at radius 2 is 1.52 bits per heavy atom. The molecule has 2 aromatic rings. The molecule has 0 radical (unpaired) electrons. The highest BCUT2D eigenvalue weighted by Crippen LogP contribution is 2.23. The lowest BCUT2D eigenvalue weighted by Gasteiger charge is -2.09. The van der Waals surface area contributed by atoms with Gasteiger partial charge in [0.15, 0.2) is 6.61 Å². The van der Waals surface area contributed by atoms with Crippen molar-refractivity contribution in [3.05, 3.63) is 54.6 Å². The molecule has 2 N–H and O–H groups in total. The van der Waals surface area contributed by atoms with E-state index in [0.29, 0.717) is 11.5 Å². The second kappa shape index (κ2) is 8.19. The van der Waals surface area contributed by atoms with Crippen LogP contribution in [0.25, 0.3) is 0 Å². The van der Waals surface area contributed by atoms with Crippen LogP contribution in [0.15, 0.2) is 54.6 Å². The number of rotatable bonds is 8. The molecule has 25 heavy (non-hydrogen) atoms. The van der Waals surface area contributed by atoms with E-state index in [2.05, 4.69) is 10.6 Å². The molecule has 0 spiro atoms. The van der Waals surface area contributed by atoms with E-state index in [1.54, 1.807) is 24.3 Å². The first-order chi connectivity index (χ1) is 12.2. The fourth-order valence-corrected chi connectivity index (χ4v) is 2.11. The molecule has 0 atom stereocenters. The lowest BCUT2D eigenvalue weighted by Crippen LogP contribution is -2.39. The van der Waals surface area contributed by atoms with E-state index in [1.165, 1.54) is 0 Å². The number of benzene rings is 2. The van der Waals surface area contributed by atoms with Gasteiger partial charge in [0.2, 0.25) is 5.91 Å². The maximum absolute atomic E-state index is 11.7. The standard InChI is InChI=1S/C19H20N2O4/c22-18(21-14-6-7-14)12-20-19(23)13-24-15-8-10-17(11-9-15)25-16-4-2-1-3-5-16/h1-5,8-11,14H,6-7,12-13H2,(H,20,23)(H,21,22). The average Bonchev–Trinajstić information content (AvgIpc) is 3.44. The molecule has 0 aromatic heterocycles. The molecule has 1 saturated carbocycles. The van der Waals surface area contributed by atoms with E-state index in [0.717, 1.165) is 18.6 Å². The molecule has 1 fully saturated rings. The Hall–Kier alpha value is -3.02. The van der Waals surface area contributed by atoms with E-state index < -0.39 is 0 Å². The van der Waals surface area contributed by atoms with Crippen LogP contribution >= 0.6 is 0 Å². The Bertz CT molecular complexity index is 712. The lowest BCUT2D eigenvalue weighted by atomic mass is 10.3. The molecule has 3 rings (SSSR count). The molecule has 1 aliphatic carbocycles. The largest absolute Gasteiger partial charge is 0.484 e. The SMILES string of the molecule is O=C(COc1ccc(Oc2ccccc2)cc1)NCC(=O)NC1CC1. The van der Waals surface area contributed by atoms with Crippen LogP contribution in [0.3, 0.4) is 0 Å². The van der Waals surface area contributed by atoms with Crippen molar-refractivity contribution in [2.45, 2.75) is 18.9 Å².